The van der Waals surface area contributed by atoms with Crippen LogP contribution in [0.3, 0.4) is 0 Å². The summed E-state index contributed by atoms with van der Waals surface area (Å²) < 4.78 is 0.810. The van der Waals surface area contributed by atoms with E-state index < -0.39 is 0 Å². The molecule has 0 radical (unpaired) electrons. The molecule has 0 saturated heterocycles. The number of nitrogens with one attached hydrogen (secondary N) is 1. The van der Waals surface area contributed by atoms with Crippen LogP contribution in [0.4, 0.5) is 5.82 Å². The molecule has 0 bridgehead atoms. The van der Waals surface area contributed by atoms with Gasteiger partial charge in [0.1, 0.15) is 5.82 Å². The first-order valence-corrected chi connectivity index (χ1v) is 9.79. The van der Waals surface area contributed by atoms with Crippen LogP contribution in [0, 0.1) is 0 Å². The minimum atomic E-state index is -0.371. The molecule has 3 amide bonds. The van der Waals surface area contributed by atoms with Crippen LogP contribution in [-0.2, 0) is 0 Å². The average Bonchev–Trinajstić information content (AvgIpc) is 2.94. The maximum absolute atomic E-state index is 12.8. The number of fused-ring (bicyclic) bond motifs is 1. The van der Waals surface area contributed by atoms with Gasteiger partial charge in [-0.1, -0.05) is 19.3 Å². The molecule has 6 nitrogen and oxygen atoms in total. The third-order valence-electron chi connectivity index (χ3n) is 5.09. The number of anilines is 1. The van der Waals surface area contributed by atoms with Crippen molar-refractivity contribution in [2.45, 2.75) is 38.1 Å². The minimum Gasteiger partial charge on any atom is -0.307 e. The number of halogens is 1. The van der Waals surface area contributed by atoms with Crippen LogP contribution < -0.4 is 5.32 Å². The van der Waals surface area contributed by atoms with Crippen LogP contribution >= 0.6 is 15.9 Å². The summed E-state index contributed by atoms with van der Waals surface area (Å²) in [6.45, 7) is 0. The number of carbonyl (C=O) groups is 3. The maximum Gasteiger partial charge on any atom is 0.261 e. The van der Waals surface area contributed by atoms with E-state index in [-0.39, 0.29) is 23.8 Å². The van der Waals surface area contributed by atoms with Crippen molar-refractivity contribution in [1.82, 2.24) is 9.88 Å². The Bertz CT molecular complexity index is 921. The highest BCUT2D eigenvalue weighted by atomic mass is 79.9. The third kappa shape index (κ3) is 3.39. The molecule has 1 aliphatic heterocycles. The zero-order valence-electron chi connectivity index (χ0n) is 14.6. The number of nitrogens with zero attached hydrogens (tertiary/aromatic N) is 2. The van der Waals surface area contributed by atoms with Crippen molar-refractivity contribution in [3.05, 3.63) is 57.7 Å². The lowest BCUT2D eigenvalue weighted by Gasteiger charge is -2.29. The summed E-state index contributed by atoms with van der Waals surface area (Å²) in [6.07, 6.45) is 6.51. The molecule has 1 N–H and O–H groups in total. The van der Waals surface area contributed by atoms with Gasteiger partial charge >= 0.3 is 0 Å². The van der Waals surface area contributed by atoms with Crippen molar-refractivity contribution in [3.63, 3.8) is 0 Å². The van der Waals surface area contributed by atoms with Crippen molar-refractivity contribution in [2.24, 2.45) is 0 Å². The zero-order chi connectivity index (χ0) is 19.0. The minimum absolute atomic E-state index is 0.0320. The largest absolute Gasteiger partial charge is 0.307 e. The van der Waals surface area contributed by atoms with E-state index in [1.54, 1.807) is 30.5 Å². The molecule has 1 saturated carbocycles. The Morgan fingerprint density at radius 3 is 2.48 bits per heavy atom. The molecule has 2 aliphatic rings. The first-order valence-electron chi connectivity index (χ1n) is 8.99. The van der Waals surface area contributed by atoms with Crippen LogP contribution in [0.5, 0.6) is 0 Å². The second kappa shape index (κ2) is 7.23. The zero-order valence-corrected chi connectivity index (χ0v) is 16.2. The molecule has 0 unspecified atom stereocenters. The summed E-state index contributed by atoms with van der Waals surface area (Å²) in [4.78, 5) is 43.5. The van der Waals surface area contributed by atoms with E-state index in [2.05, 4.69) is 26.2 Å². The van der Waals surface area contributed by atoms with Gasteiger partial charge in [-0.25, -0.2) is 4.98 Å². The van der Waals surface area contributed by atoms with E-state index in [1.165, 1.54) is 11.0 Å². The highest BCUT2D eigenvalue weighted by Gasteiger charge is 2.40. The number of hydrogen-bond acceptors (Lipinski definition) is 4. The Morgan fingerprint density at radius 1 is 1.04 bits per heavy atom. The molecule has 1 fully saturated rings. The van der Waals surface area contributed by atoms with Crippen molar-refractivity contribution in [3.8, 4) is 0 Å². The topological polar surface area (TPSA) is 79.4 Å². The fourth-order valence-electron chi connectivity index (χ4n) is 3.71. The molecule has 138 valence electrons. The summed E-state index contributed by atoms with van der Waals surface area (Å²) in [6, 6.07) is 8.07. The molecular formula is C20H18BrN3O3. The lowest BCUT2D eigenvalue weighted by atomic mass is 9.94. The Balaban J connectivity index is 1.57. The standard InChI is InChI=1S/C20H18BrN3O3/c21-13-7-9-17(22-11-13)23-18(25)12-6-8-15-16(10-12)20(27)24(19(15)26)14-4-2-1-3-5-14/h6-11,14H,1-5H2,(H,22,23,25). The molecule has 0 atom stereocenters. The quantitative estimate of drug-likeness (QED) is 0.749. The summed E-state index contributed by atoms with van der Waals surface area (Å²) in [5.41, 5.74) is 1.01. The average molecular weight is 428 g/mol. The Morgan fingerprint density at radius 2 is 1.78 bits per heavy atom. The fourth-order valence-corrected chi connectivity index (χ4v) is 3.94. The molecular weight excluding hydrogens is 410 g/mol. The second-order valence-electron chi connectivity index (χ2n) is 6.85. The highest BCUT2D eigenvalue weighted by Crippen LogP contribution is 2.31. The van der Waals surface area contributed by atoms with Crippen LogP contribution in [-0.4, -0.2) is 33.6 Å². The van der Waals surface area contributed by atoms with Crippen LogP contribution in [0.15, 0.2) is 41.0 Å². The number of amides is 3. The summed E-state index contributed by atoms with van der Waals surface area (Å²) in [7, 11) is 0. The Labute approximate surface area is 165 Å². The monoisotopic (exact) mass is 427 g/mol. The summed E-state index contributed by atoms with van der Waals surface area (Å²) in [5, 5.41) is 2.70. The molecule has 27 heavy (non-hydrogen) atoms. The SMILES string of the molecule is O=C(Nc1ccc(Br)cn1)c1ccc2c(c1)C(=O)N(C1CCCCC1)C2=O. The molecule has 0 spiro atoms. The van der Waals surface area contributed by atoms with Gasteiger partial charge in [0.05, 0.1) is 11.1 Å². The first-order chi connectivity index (χ1) is 13.0. The molecule has 1 aromatic heterocycles. The third-order valence-corrected chi connectivity index (χ3v) is 5.56. The maximum atomic E-state index is 12.8. The lowest BCUT2D eigenvalue weighted by molar-refractivity contribution is 0.0549. The van der Waals surface area contributed by atoms with E-state index in [9.17, 15) is 14.4 Å². The van der Waals surface area contributed by atoms with Crippen molar-refractivity contribution >= 4 is 39.5 Å². The molecule has 2 aromatic rings. The number of pyridine rings is 1. The van der Waals surface area contributed by atoms with E-state index in [1.807, 2.05) is 0 Å². The molecule has 2 heterocycles. The van der Waals surface area contributed by atoms with Gasteiger partial charge < -0.3 is 5.32 Å². The van der Waals surface area contributed by atoms with Gasteiger partial charge in [0.2, 0.25) is 0 Å². The molecule has 1 aromatic carbocycles. The number of hydrogen-bond donors (Lipinski definition) is 1. The summed E-state index contributed by atoms with van der Waals surface area (Å²) >= 11 is 3.29. The summed E-state index contributed by atoms with van der Waals surface area (Å²) in [5.74, 6) is -0.499. The van der Waals surface area contributed by atoms with Gasteiger partial charge in [-0.15, -0.1) is 0 Å². The van der Waals surface area contributed by atoms with E-state index in [4.69, 9.17) is 0 Å². The first kappa shape index (κ1) is 17.9. The number of rotatable bonds is 3. The number of benzene rings is 1. The number of imide groups is 1. The van der Waals surface area contributed by atoms with Crippen molar-refractivity contribution < 1.29 is 14.4 Å². The van der Waals surface area contributed by atoms with Gasteiger partial charge in [-0.2, -0.15) is 0 Å². The Kier molecular flexibility index (Phi) is 4.78. The number of carbonyl (C=O) groups excluding carboxylic acids is 3. The molecule has 7 heteroatoms. The smallest absolute Gasteiger partial charge is 0.261 e. The van der Waals surface area contributed by atoms with Crippen molar-refractivity contribution in [1.29, 1.82) is 0 Å². The van der Waals surface area contributed by atoms with Crippen LogP contribution in [0.1, 0.15) is 63.2 Å². The van der Waals surface area contributed by atoms with Crippen molar-refractivity contribution in [2.75, 3.05) is 5.32 Å². The van der Waals surface area contributed by atoms with Gasteiger partial charge in [0, 0.05) is 22.3 Å². The van der Waals surface area contributed by atoms with Crippen LogP contribution in [0.2, 0.25) is 0 Å². The predicted molar refractivity (Wildman–Crippen MR) is 104 cm³/mol. The second-order valence-corrected chi connectivity index (χ2v) is 7.76. The van der Waals surface area contributed by atoms with E-state index in [0.717, 1.165) is 36.6 Å². The van der Waals surface area contributed by atoms with Crippen LogP contribution in [0.25, 0.3) is 0 Å². The van der Waals surface area contributed by atoms with E-state index >= 15 is 0 Å². The predicted octanol–water partition coefficient (Wildman–Crippen LogP) is 4.03. The van der Waals surface area contributed by atoms with Gasteiger partial charge in [0.15, 0.2) is 0 Å². The normalized spacial score (nSPS) is 17.1. The fraction of sp³-hybridized carbons (Fsp3) is 0.300. The molecule has 1 aliphatic carbocycles. The highest BCUT2D eigenvalue weighted by molar-refractivity contribution is 9.10. The lowest BCUT2D eigenvalue weighted by Crippen LogP contribution is -2.40. The van der Waals surface area contributed by atoms with Gasteiger partial charge in [-0.3, -0.25) is 19.3 Å². The Hall–Kier alpha value is -2.54. The van der Waals surface area contributed by atoms with Gasteiger partial charge in [0.25, 0.3) is 17.7 Å². The van der Waals surface area contributed by atoms with Gasteiger partial charge in [-0.05, 0) is 59.1 Å². The van der Waals surface area contributed by atoms with E-state index in [0.29, 0.717) is 22.5 Å². The molecule has 4 rings (SSSR count). The number of aromatic nitrogens is 1.